The zero-order chi connectivity index (χ0) is 14.9. The van der Waals surface area contributed by atoms with Crippen molar-refractivity contribution in [2.24, 2.45) is 14.1 Å². The van der Waals surface area contributed by atoms with Gasteiger partial charge in [-0.15, -0.1) is 0 Å². The molecule has 1 aliphatic heterocycles. The minimum Gasteiger partial charge on any atom is -0.376 e. The van der Waals surface area contributed by atoms with Gasteiger partial charge in [0.05, 0.1) is 12.1 Å². The number of aromatic nitrogens is 2. The van der Waals surface area contributed by atoms with Gasteiger partial charge < -0.3 is 10.1 Å². The van der Waals surface area contributed by atoms with E-state index in [4.69, 9.17) is 10.00 Å². The summed E-state index contributed by atoms with van der Waals surface area (Å²) >= 11 is 0. The number of rotatable bonds is 3. The van der Waals surface area contributed by atoms with E-state index in [1.54, 1.807) is 0 Å². The normalized spacial score (nSPS) is 19.6. The summed E-state index contributed by atoms with van der Waals surface area (Å²) in [6.45, 7) is 2.64. The Morgan fingerprint density at radius 1 is 1.40 bits per heavy atom. The van der Waals surface area contributed by atoms with E-state index in [2.05, 4.69) is 5.32 Å². The van der Waals surface area contributed by atoms with Gasteiger partial charge in [-0.1, -0.05) is 0 Å². The van der Waals surface area contributed by atoms with Gasteiger partial charge in [-0.25, -0.2) is 4.79 Å². The summed E-state index contributed by atoms with van der Waals surface area (Å²) in [4.78, 5) is 23.9. The fraction of sp³-hybridized carbons (Fsp3) is 0.615. The molecule has 7 heteroatoms. The van der Waals surface area contributed by atoms with Crippen molar-refractivity contribution in [2.45, 2.75) is 31.9 Å². The summed E-state index contributed by atoms with van der Waals surface area (Å²) < 4.78 is 7.78. The quantitative estimate of drug-likeness (QED) is 0.836. The SMILES string of the molecule is C[C@@H](Nc1c(C#N)c(=O)n(C)c(=O)n1C)[C@H]1CCCO1. The van der Waals surface area contributed by atoms with Crippen LogP contribution in [0.5, 0.6) is 0 Å². The fourth-order valence-electron chi connectivity index (χ4n) is 2.42. The third kappa shape index (κ3) is 2.34. The van der Waals surface area contributed by atoms with Gasteiger partial charge in [-0.2, -0.15) is 5.26 Å². The van der Waals surface area contributed by atoms with E-state index in [0.717, 1.165) is 24.0 Å². The maximum Gasteiger partial charge on any atom is 0.332 e. The average molecular weight is 278 g/mol. The van der Waals surface area contributed by atoms with Crippen molar-refractivity contribution in [1.29, 1.82) is 5.26 Å². The van der Waals surface area contributed by atoms with Crippen LogP contribution in [-0.4, -0.2) is 27.9 Å². The zero-order valence-electron chi connectivity index (χ0n) is 11.8. The lowest BCUT2D eigenvalue weighted by atomic mass is 10.1. The first kappa shape index (κ1) is 14.3. The highest BCUT2D eigenvalue weighted by Gasteiger charge is 2.25. The standard InChI is InChI=1S/C13H18N4O3/c1-8(10-5-4-6-20-10)15-11-9(7-14)12(18)17(3)13(19)16(11)2/h8,10,15H,4-6H2,1-3H3/t8-,10-/m1/s1. The van der Waals surface area contributed by atoms with Crippen molar-refractivity contribution in [1.82, 2.24) is 9.13 Å². The van der Waals surface area contributed by atoms with Crippen molar-refractivity contribution in [3.8, 4) is 6.07 Å². The molecule has 0 saturated carbocycles. The first-order chi connectivity index (χ1) is 9.47. The Hall–Kier alpha value is -2.07. The molecule has 1 aromatic rings. The molecular formula is C13H18N4O3. The number of ether oxygens (including phenoxy) is 1. The number of nitriles is 1. The van der Waals surface area contributed by atoms with Crippen LogP contribution in [0, 0.1) is 11.3 Å². The third-order valence-electron chi connectivity index (χ3n) is 3.66. The van der Waals surface area contributed by atoms with Gasteiger partial charge in [0.2, 0.25) is 0 Å². The molecule has 20 heavy (non-hydrogen) atoms. The summed E-state index contributed by atoms with van der Waals surface area (Å²) in [5.74, 6) is 0.253. The summed E-state index contributed by atoms with van der Waals surface area (Å²) in [6.07, 6.45) is 1.95. The van der Waals surface area contributed by atoms with Gasteiger partial charge in [-0.05, 0) is 19.8 Å². The second-order valence-corrected chi connectivity index (χ2v) is 5.03. The van der Waals surface area contributed by atoms with Crippen molar-refractivity contribution < 1.29 is 4.74 Å². The molecule has 7 nitrogen and oxygen atoms in total. The molecule has 108 valence electrons. The van der Waals surface area contributed by atoms with Crippen LogP contribution in [0.25, 0.3) is 0 Å². The summed E-state index contributed by atoms with van der Waals surface area (Å²) in [7, 11) is 2.89. The number of nitrogens with zero attached hydrogens (tertiary/aromatic N) is 3. The van der Waals surface area contributed by atoms with Crippen molar-refractivity contribution in [3.63, 3.8) is 0 Å². The molecule has 0 spiro atoms. The Bertz CT molecular complexity index is 662. The van der Waals surface area contributed by atoms with E-state index >= 15 is 0 Å². The lowest BCUT2D eigenvalue weighted by Crippen LogP contribution is -2.42. The van der Waals surface area contributed by atoms with Gasteiger partial charge in [0, 0.05) is 20.7 Å². The largest absolute Gasteiger partial charge is 0.376 e. The van der Waals surface area contributed by atoms with E-state index in [1.807, 2.05) is 13.0 Å². The van der Waals surface area contributed by atoms with Crippen LogP contribution in [0.3, 0.4) is 0 Å². The van der Waals surface area contributed by atoms with Gasteiger partial charge in [0.25, 0.3) is 5.56 Å². The highest BCUT2D eigenvalue weighted by molar-refractivity contribution is 5.51. The molecule has 0 bridgehead atoms. The molecule has 2 rings (SSSR count). The predicted molar refractivity (Wildman–Crippen MR) is 73.7 cm³/mol. The smallest absolute Gasteiger partial charge is 0.332 e. The number of hydrogen-bond donors (Lipinski definition) is 1. The monoisotopic (exact) mass is 278 g/mol. The van der Waals surface area contributed by atoms with Crippen LogP contribution in [-0.2, 0) is 18.8 Å². The van der Waals surface area contributed by atoms with E-state index in [0.29, 0.717) is 0 Å². The molecular weight excluding hydrogens is 260 g/mol. The number of nitrogens with one attached hydrogen (secondary N) is 1. The number of hydrogen-bond acceptors (Lipinski definition) is 5. The fourth-order valence-corrected chi connectivity index (χ4v) is 2.42. The van der Waals surface area contributed by atoms with Gasteiger partial charge >= 0.3 is 5.69 Å². The molecule has 1 aromatic heterocycles. The Labute approximate surface area is 116 Å². The topological polar surface area (TPSA) is 89.0 Å². The van der Waals surface area contributed by atoms with E-state index in [1.165, 1.54) is 18.7 Å². The Balaban J connectivity index is 2.43. The molecule has 1 saturated heterocycles. The highest BCUT2D eigenvalue weighted by atomic mass is 16.5. The molecule has 0 unspecified atom stereocenters. The van der Waals surface area contributed by atoms with E-state index < -0.39 is 11.2 Å². The Morgan fingerprint density at radius 3 is 2.65 bits per heavy atom. The van der Waals surface area contributed by atoms with Crippen LogP contribution in [0.1, 0.15) is 25.3 Å². The maximum atomic E-state index is 12.0. The molecule has 1 aliphatic rings. The summed E-state index contributed by atoms with van der Waals surface area (Å²) in [5.41, 5.74) is -1.10. The van der Waals surface area contributed by atoms with Gasteiger partial charge in [0.1, 0.15) is 11.9 Å². The Kier molecular flexibility index (Phi) is 3.95. The second kappa shape index (κ2) is 5.51. The third-order valence-corrected chi connectivity index (χ3v) is 3.66. The lowest BCUT2D eigenvalue weighted by Gasteiger charge is -2.23. The van der Waals surface area contributed by atoms with Crippen molar-refractivity contribution in [3.05, 3.63) is 26.4 Å². The molecule has 0 amide bonds. The average Bonchev–Trinajstić information content (AvgIpc) is 2.97. The lowest BCUT2D eigenvalue weighted by molar-refractivity contribution is 0.0994. The highest BCUT2D eigenvalue weighted by Crippen LogP contribution is 2.19. The molecule has 2 heterocycles. The van der Waals surface area contributed by atoms with Crippen molar-refractivity contribution in [2.75, 3.05) is 11.9 Å². The molecule has 0 radical (unpaired) electrons. The van der Waals surface area contributed by atoms with E-state index in [-0.39, 0.29) is 23.5 Å². The minimum absolute atomic E-state index is 0.0284. The summed E-state index contributed by atoms with van der Waals surface area (Å²) in [6, 6.07) is 1.79. The van der Waals surface area contributed by atoms with E-state index in [9.17, 15) is 9.59 Å². The zero-order valence-corrected chi connectivity index (χ0v) is 11.8. The Morgan fingerprint density at radius 2 is 2.10 bits per heavy atom. The summed E-state index contributed by atoms with van der Waals surface area (Å²) in [5, 5.41) is 12.2. The van der Waals surface area contributed by atoms with Crippen LogP contribution >= 0.6 is 0 Å². The van der Waals surface area contributed by atoms with Gasteiger partial charge in [-0.3, -0.25) is 13.9 Å². The van der Waals surface area contributed by atoms with Crippen LogP contribution in [0.15, 0.2) is 9.59 Å². The second-order valence-electron chi connectivity index (χ2n) is 5.03. The van der Waals surface area contributed by atoms with Crippen LogP contribution in [0.2, 0.25) is 0 Å². The van der Waals surface area contributed by atoms with Crippen LogP contribution < -0.4 is 16.6 Å². The molecule has 0 aliphatic carbocycles. The first-order valence-corrected chi connectivity index (χ1v) is 6.55. The molecule has 1 fully saturated rings. The molecule has 0 aromatic carbocycles. The van der Waals surface area contributed by atoms with Crippen LogP contribution in [0.4, 0.5) is 5.82 Å². The minimum atomic E-state index is -0.586. The molecule has 1 N–H and O–H groups in total. The molecule has 2 atom stereocenters. The van der Waals surface area contributed by atoms with Gasteiger partial charge in [0.15, 0.2) is 5.56 Å². The maximum absolute atomic E-state index is 12.0. The van der Waals surface area contributed by atoms with Crippen molar-refractivity contribution >= 4 is 5.82 Å². The predicted octanol–water partition coefficient (Wildman–Crippen LogP) is -0.0649. The first-order valence-electron chi connectivity index (χ1n) is 6.55. The number of anilines is 1.